The smallest absolute Gasteiger partial charge is 0.272 e. The van der Waals surface area contributed by atoms with Crippen molar-refractivity contribution >= 4 is 11.7 Å². The molecule has 4 aromatic rings. The molecule has 1 aliphatic rings. The van der Waals surface area contributed by atoms with Crippen molar-refractivity contribution in [3.63, 3.8) is 0 Å². The summed E-state index contributed by atoms with van der Waals surface area (Å²) in [5.41, 5.74) is 4.27. The van der Waals surface area contributed by atoms with Gasteiger partial charge in [0.2, 0.25) is 5.91 Å². The maximum atomic E-state index is 12.7. The Labute approximate surface area is 196 Å². The van der Waals surface area contributed by atoms with Crippen LogP contribution in [0.5, 0.6) is 11.5 Å². The van der Waals surface area contributed by atoms with Gasteiger partial charge in [-0.25, -0.2) is 4.98 Å². The fourth-order valence-electron chi connectivity index (χ4n) is 4.22. The predicted molar refractivity (Wildman–Crippen MR) is 126 cm³/mol. The van der Waals surface area contributed by atoms with E-state index < -0.39 is 0 Å². The molecule has 0 saturated carbocycles. The lowest BCUT2D eigenvalue weighted by Crippen LogP contribution is -2.25. The first kappa shape index (κ1) is 21.6. The van der Waals surface area contributed by atoms with Crippen molar-refractivity contribution in [2.45, 2.75) is 26.2 Å². The summed E-state index contributed by atoms with van der Waals surface area (Å²) in [7, 11) is 1.62. The number of benzene rings is 2. The van der Waals surface area contributed by atoms with Gasteiger partial charge in [0.25, 0.3) is 5.95 Å². The number of aromatic nitrogens is 5. The molecule has 0 bridgehead atoms. The van der Waals surface area contributed by atoms with Crippen molar-refractivity contribution in [2.24, 2.45) is 0 Å². The maximum Gasteiger partial charge on any atom is 0.272 e. The highest BCUT2D eigenvalue weighted by atomic mass is 16.5. The van der Waals surface area contributed by atoms with E-state index >= 15 is 0 Å². The first-order valence-electron chi connectivity index (χ1n) is 11.0. The molecule has 0 saturated heterocycles. The van der Waals surface area contributed by atoms with Gasteiger partial charge in [0.15, 0.2) is 0 Å². The number of fused-ring (bicyclic) bond motifs is 1. The van der Waals surface area contributed by atoms with Crippen molar-refractivity contribution in [3.05, 3.63) is 71.5 Å². The van der Waals surface area contributed by atoms with Crippen LogP contribution in [0.25, 0.3) is 17.2 Å². The minimum absolute atomic E-state index is 0.0909. The third-order valence-electron chi connectivity index (χ3n) is 5.82. The number of nitrogens with one attached hydrogen (secondary N) is 1. The molecule has 1 amide bonds. The molecule has 172 valence electrons. The number of nitrogens with zero attached hydrogens (tertiary/aromatic N) is 5. The molecule has 0 radical (unpaired) electrons. The molecule has 1 atom stereocenters. The molecule has 34 heavy (non-hydrogen) atoms. The maximum absolute atomic E-state index is 12.7. The Morgan fingerprint density at radius 2 is 1.82 bits per heavy atom. The van der Waals surface area contributed by atoms with Gasteiger partial charge in [-0.2, -0.15) is 14.9 Å². The molecule has 3 heterocycles. The minimum Gasteiger partial charge on any atom is -0.497 e. The summed E-state index contributed by atoms with van der Waals surface area (Å²) in [5, 5.41) is 16.0. The number of carbonyl (C=O) groups is 1. The monoisotopic (exact) mass is 456 g/mol. The molecule has 5 rings (SSSR count). The third kappa shape index (κ3) is 3.96. The summed E-state index contributed by atoms with van der Waals surface area (Å²) in [5.74, 6) is 2.18. The number of hydrogen-bond acceptors (Lipinski definition) is 7. The van der Waals surface area contributed by atoms with E-state index in [2.05, 4.69) is 25.6 Å². The summed E-state index contributed by atoms with van der Waals surface area (Å²) in [6.45, 7) is 4.48. The number of methoxy groups -OCH3 is 1. The summed E-state index contributed by atoms with van der Waals surface area (Å²) in [4.78, 5) is 17.3. The highest BCUT2D eigenvalue weighted by Crippen LogP contribution is 2.40. The van der Waals surface area contributed by atoms with Crippen molar-refractivity contribution in [1.29, 1.82) is 0 Å². The first-order valence-corrected chi connectivity index (χ1v) is 11.0. The Morgan fingerprint density at radius 1 is 1.09 bits per heavy atom. The number of ether oxygens (including phenoxy) is 2. The van der Waals surface area contributed by atoms with Crippen LogP contribution in [-0.4, -0.2) is 44.6 Å². The van der Waals surface area contributed by atoms with Gasteiger partial charge in [-0.05, 0) is 55.8 Å². The summed E-state index contributed by atoms with van der Waals surface area (Å²) < 4.78 is 12.3. The zero-order valence-corrected chi connectivity index (χ0v) is 19.1. The van der Waals surface area contributed by atoms with E-state index in [0.717, 1.165) is 33.9 Å². The van der Waals surface area contributed by atoms with E-state index in [1.807, 2.05) is 62.4 Å². The standard InChI is InChI=1S/C25H24N6O3/c1-4-34-19-11-5-16(6-12-19)20-13-22(32)28-24-23(20)15(2)30-31(24)25-27-21(14-26-29-25)17-7-9-18(33-3)10-8-17/h5-12,14,20H,4,13H2,1-3H3,(H,28,32). The Morgan fingerprint density at radius 3 is 2.53 bits per heavy atom. The molecule has 0 fully saturated rings. The number of hydrogen-bond donors (Lipinski definition) is 1. The van der Waals surface area contributed by atoms with Gasteiger partial charge in [0.05, 0.1) is 31.3 Å². The first-order chi connectivity index (χ1) is 16.6. The number of anilines is 1. The van der Waals surface area contributed by atoms with Gasteiger partial charge in [-0.1, -0.05) is 12.1 Å². The molecule has 2 aromatic heterocycles. The second-order valence-electron chi connectivity index (χ2n) is 7.94. The van der Waals surface area contributed by atoms with E-state index in [1.165, 1.54) is 0 Å². The van der Waals surface area contributed by atoms with Gasteiger partial charge < -0.3 is 14.8 Å². The molecule has 1 unspecified atom stereocenters. The molecule has 0 spiro atoms. The molecule has 1 aliphatic heterocycles. The Bertz CT molecular complexity index is 1330. The van der Waals surface area contributed by atoms with Crippen LogP contribution in [0.3, 0.4) is 0 Å². The molecule has 1 N–H and O–H groups in total. The van der Waals surface area contributed by atoms with E-state index in [9.17, 15) is 4.79 Å². The van der Waals surface area contributed by atoms with Crippen molar-refractivity contribution in [1.82, 2.24) is 25.0 Å². The van der Waals surface area contributed by atoms with Crippen molar-refractivity contribution < 1.29 is 14.3 Å². The summed E-state index contributed by atoms with van der Waals surface area (Å²) >= 11 is 0. The Kier molecular flexibility index (Phi) is 5.67. The van der Waals surface area contributed by atoms with E-state index in [0.29, 0.717) is 24.5 Å². The second kappa shape index (κ2) is 8.93. The fourth-order valence-corrected chi connectivity index (χ4v) is 4.22. The zero-order chi connectivity index (χ0) is 23.7. The van der Waals surface area contributed by atoms with Gasteiger partial charge in [0.1, 0.15) is 17.3 Å². The third-order valence-corrected chi connectivity index (χ3v) is 5.82. The van der Waals surface area contributed by atoms with Crippen molar-refractivity contribution in [2.75, 3.05) is 19.0 Å². The van der Waals surface area contributed by atoms with Crippen LogP contribution in [0.2, 0.25) is 0 Å². The van der Waals surface area contributed by atoms with Crippen LogP contribution in [0.15, 0.2) is 54.7 Å². The average molecular weight is 457 g/mol. The molecule has 0 aliphatic carbocycles. The van der Waals surface area contributed by atoms with E-state index in [-0.39, 0.29) is 17.8 Å². The Balaban J connectivity index is 1.54. The lowest BCUT2D eigenvalue weighted by Gasteiger charge is -2.24. The van der Waals surface area contributed by atoms with Crippen LogP contribution in [0.1, 0.15) is 36.1 Å². The van der Waals surface area contributed by atoms with Crippen LogP contribution >= 0.6 is 0 Å². The normalized spacial score (nSPS) is 14.9. The average Bonchev–Trinajstić information content (AvgIpc) is 3.20. The van der Waals surface area contributed by atoms with Gasteiger partial charge in [-0.3, -0.25) is 4.79 Å². The number of amides is 1. The van der Waals surface area contributed by atoms with Crippen LogP contribution in [-0.2, 0) is 4.79 Å². The largest absolute Gasteiger partial charge is 0.497 e. The van der Waals surface area contributed by atoms with E-state index in [1.54, 1.807) is 18.0 Å². The zero-order valence-electron chi connectivity index (χ0n) is 19.1. The second-order valence-corrected chi connectivity index (χ2v) is 7.94. The number of carbonyl (C=O) groups excluding carboxylic acids is 1. The van der Waals surface area contributed by atoms with Crippen LogP contribution < -0.4 is 14.8 Å². The number of rotatable bonds is 6. The lowest BCUT2D eigenvalue weighted by molar-refractivity contribution is -0.116. The highest BCUT2D eigenvalue weighted by molar-refractivity contribution is 5.95. The van der Waals surface area contributed by atoms with Crippen LogP contribution in [0.4, 0.5) is 5.82 Å². The van der Waals surface area contributed by atoms with Gasteiger partial charge in [0, 0.05) is 23.5 Å². The summed E-state index contributed by atoms with van der Waals surface area (Å²) in [6.07, 6.45) is 1.92. The summed E-state index contributed by atoms with van der Waals surface area (Å²) in [6, 6.07) is 15.4. The molecular weight excluding hydrogens is 432 g/mol. The van der Waals surface area contributed by atoms with Gasteiger partial charge in [-0.15, -0.1) is 5.10 Å². The molecule has 9 nitrogen and oxygen atoms in total. The van der Waals surface area contributed by atoms with Crippen LogP contribution in [0, 0.1) is 6.92 Å². The topological polar surface area (TPSA) is 104 Å². The van der Waals surface area contributed by atoms with Gasteiger partial charge >= 0.3 is 0 Å². The number of aryl methyl sites for hydroxylation is 1. The highest BCUT2D eigenvalue weighted by Gasteiger charge is 2.33. The molecule has 9 heteroatoms. The SMILES string of the molecule is CCOc1ccc(C2CC(=O)Nc3c2c(C)nn3-c2nncc(-c3ccc(OC)cc3)n2)cc1. The molecular formula is C25H24N6O3. The molecule has 2 aromatic carbocycles. The quantitative estimate of drug-likeness (QED) is 0.469. The van der Waals surface area contributed by atoms with E-state index in [4.69, 9.17) is 9.47 Å². The minimum atomic E-state index is -0.133. The lowest BCUT2D eigenvalue weighted by atomic mass is 9.86. The van der Waals surface area contributed by atoms with Crippen molar-refractivity contribution in [3.8, 4) is 28.7 Å². The predicted octanol–water partition coefficient (Wildman–Crippen LogP) is 3.91. The fraction of sp³-hybridized carbons (Fsp3) is 0.240. The Hall–Kier alpha value is -4.27.